The molecule has 1 saturated heterocycles. The van der Waals surface area contributed by atoms with E-state index in [-0.39, 0.29) is 33.5 Å². The maximum Gasteiger partial charge on any atom is 0.353 e. The van der Waals surface area contributed by atoms with Crippen molar-refractivity contribution in [3.63, 3.8) is 0 Å². The molecule has 166 valence electrons. The van der Waals surface area contributed by atoms with Gasteiger partial charge in [0.25, 0.3) is 11.1 Å². The topological polar surface area (TPSA) is 116 Å². The number of halogens is 2. The minimum atomic E-state index is -0.759. The predicted octanol–water partition coefficient (Wildman–Crippen LogP) is 5.07. The number of nitro benzene ring substituents is 1. The zero-order chi connectivity index (χ0) is 23.6. The number of esters is 1. The number of nitrogens with zero attached hydrogens (tertiary/aromatic N) is 2. The summed E-state index contributed by atoms with van der Waals surface area (Å²) in [6.45, 7) is 1.08. The molecule has 0 aliphatic carbocycles. The van der Waals surface area contributed by atoms with Crippen LogP contribution in [0.25, 0.3) is 6.08 Å². The lowest BCUT2D eigenvalue weighted by molar-refractivity contribution is -0.386. The normalized spacial score (nSPS) is 14.8. The van der Waals surface area contributed by atoms with Crippen molar-refractivity contribution >= 4 is 63.8 Å². The van der Waals surface area contributed by atoms with Gasteiger partial charge >= 0.3 is 11.7 Å². The number of hydrogen-bond donors (Lipinski definition) is 0. The first-order chi connectivity index (χ1) is 15.1. The Morgan fingerprint density at radius 2 is 1.94 bits per heavy atom. The average molecular weight is 497 g/mol. The fraction of sp³-hybridized carbons (Fsp3) is 0.150. The third-order valence-corrected chi connectivity index (χ3v) is 5.90. The van der Waals surface area contributed by atoms with E-state index in [1.54, 1.807) is 18.2 Å². The van der Waals surface area contributed by atoms with Gasteiger partial charge in [0.1, 0.15) is 0 Å². The molecule has 12 heteroatoms. The molecule has 1 heterocycles. The fourth-order valence-electron chi connectivity index (χ4n) is 2.91. The average Bonchev–Trinajstić information content (AvgIpc) is 2.98. The number of thioether (sulfide) groups is 1. The van der Waals surface area contributed by atoms with Crippen LogP contribution in [0.15, 0.2) is 35.2 Å². The van der Waals surface area contributed by atoms with Gasteiger partial charge in [-0.05, 0) is 47.7 Å². The number of ether oxygens (including phenoxy) is 2. The van der Waals surface area contributed by atoms with Gasteiger partial charge in [-0.25, -0.2) is 0 Å². The van der Waals surface area contributed by atoms with Gasteiger partial charge in [-0.1, -0.05) is 29.3 Å². The van der Waals surface area contributed by atoms with Gasteiger partial charge in [0.2, 0.25) is 11.5 Å². The summed E-state index contributed by atoms with van der Waals surface area (Å²) in [6.07, 6.45) is 1.31. The predicted molar refractivity (Wildman–Crippen MR) is 119 cm³/mol. The van der Waals surface area contributed by atoms with E-state index in [1.807, 2.05) is 0 Å². The van der Waals surface area contributed by atoms with Crippen LogP contribution in [0.3, 0.4) is 0 Å². The number of nitro groups is 1. The van der Waals surface area contributed by atoms with E-state index in [4.69, 9.17) is 32.7 Å². The molecule has 0 aromatic heterocycles. The van der Waals surface area contributed by atoms with Crippen molar-refractivity contribution in [2.45, 2.75) is 13.5 Å². The Bertz CT molecular complexity index is 1180. The Hall–Kier alpha value is -3.08. The SMILES string of the molecule is COc1c(/C=C2\SC(=O)N(Cc3ccc(Cl)c(Cl)c3)C2=O)ccc(OC(C)=O)c1[N+](=O)[O-]. The van der Waals surface area contributed by atoms with Crippen molar-refractivity contribution in [3.8, 4) is 11.5 Å². The standard InChI is InChI=1S/C20H14Cl2N2O7S/c1-10(25)31-15-6-4-12(18(30-2)17(15)24(28)29)8-16-19(26)23(20(27)32-16)9-11-3-5-13(21)14(22)7-11/h3-8H,9H2,1-2H3/b16-8-. The van der Waals surface area contributed by atoms with E-state index in [1.165, 1.54) is 25.3 Å². The molecule has 0 atom stereocenters. The molecular weight excluding hydrogens is 483 g/mol. The van der Waals surface area contributed by atoms with Crippen LogP contribution in [0.5, 0.6) is 11.5 Å². The summed E-state index contributed by atoms with van der Waals surface area (Å²) in [6, 6.07) is 7.35. The largest absolute Gasteiger partial charge is 0.490 e. The van der Waals surface area contributed by atoms with Crippen LogP contribution in [0.2, 0.25) is 10.0 Å². The Balaban J connectivity index is 1.96. The van der Waals surface area contributed by atoms with Crippen LogP contribution >= 0.6 is 35.0 Å². The van der Waals surface area contributed by atoms with E-state index in [2.05, 4.69) is 0 Å². The molecule has 3 rings (SSSR count). The second-order valence-electron chi connectivity index (χ2n) is 6.40. The fourth-order valence-corrected chi connectivity index (χ4v) is 4.05. The number of hydrogen-bond acceptors (Lipinski definition) is 8. The molecule has 9 nitrogen and oxygen atoms in total. The molecule has 0 bridgehead atoms. The third kappa shape index (κ3) is 4.87. The second-order valence-corrected chi connectivity index (χ2v) is 8.21. The van der Waals surface area contributed by atoms with Gasteiger partial charge in [-0.3, -0.25) is 29.4 Å². The van der Waals surface area contributed by atoms with Crippen molar-refractivity contribution in [2.75, 3.05) is 7.11 Å². The van der Waals surface area contributed by atoms with Gasteiger partial charge < -0.3 is 9.47 Å². The smallest absolute Gasteiger partial charge is 0.353 e. The Kier molecular flexibility index (Phi) is 7.07. The number of carbonyl (C=O) groups excluding carboxylic acids is 3. The highest BCUT2D eigenvalue weighted by Crippen LogP contribution is 2.42. The summed E-state index contributed by atoms with van der Waals surface area (Å²) in [7, 11) is 1.20. The summed E-state index contributed by atoms with van der Waals surface area (Å²) in [4.78, 5) is 48.3. The van der Waals surface area contributed by atoms with Crippen LogP contribution in [0.4, 0.5) is 10.5 Å². The van der Waals surface area contributed by atoms with Crippen molar-refractivity contribution in [2.24, 2.45) is 0 Å². The molecule has 2 amide bonds. The molecule has 0 spiro atoms. The van der Waals surface area contributed by atoms with Crippen LogP contribution in [0.1, 0.15) is 18.1 Å². The Morgan fingerprint density at radius 1 is 1.22 bits per heavy atom. The monoisotopic (exact) mass is 496 g/mol. The summed E-state index contributed by atoms with van der Waals surface area (Å²) >= 11 is 12.6. The number of benzene rings is 2. The number of rotatable bonds is 6. The zero-order valence-corrected chi connectivity index (χ0v) is 18.9. The number of amides is 2. The van der Waals surface area contributed by atoms with Gasteiger partial charge in [-0.2, -0.15) is 0 Å². The minimum absolute atomic E-state index is 0.0262. The van der Waals surface area contributed by atoms with Crippen LogP contribution in [-0.2, 0) is 16.1 Å². The maximum atomic E-state index is 12.8. The summed E-state index contributed by atoms with van der Waals surface area (Å²) in [5.74, 6) is -1.85. The Morgan fingerprint density at radius 3 is 2.53 bits per heavy atom. The first-order valence-corrected chi connectivity index (χ1v) is 10.4. The van der Waals surface area contributed by atoms with Gasteiger partial charge in [0.05, 0.1) is 33.5 Å². The molecule has 32 heavy (non-hydrogen) atoms. The Labute approximate surface area is 196 Å². The molecule has 2 aromatic carbocycles. The van der Waals surface area contributed by atoms with Gasteiger partial charge in [0.15, 0.2) is 0 Å². The van der Waals surface area contributed by atoms with Crippen molar-refractivity contribution < 1.29 is 28.8 Å². The summed E-state index contributed by atoms with van der Waals surface area (Å²) < 4.78 is 10.0. The highest BCUT2D eigenvalue weighted by atomic mass is 35.5. The number of imide groups is 1. The van der Waals surface area contributed by atoms with Crippen LogP contribution < -0.4 is 9.47 Å². The molecule has 0 N–H and O–H groups in total. The minimum Gasteiger partial charge on any atom is -0.490 e. The number of carbonyl (C=O) groups is 3. The third-order valence-electron chi connectivity index (χ3n) is 4.25. The highest BCUT2D eigenvalue weighted by Gasteiger charge is 2.36. The van der Waals surface area contributed by atoms with Gasteiger partial charge in [0, 0.05) is 12.5 Å². The van der Waals surface area contributed by atoms with Gasteiger partial charge in [-0.15, -0.1) is 0 Å². The van der Waals surface area contributed by atoms with E-state index in [9.17, 15) is 24.5 Å². The first-order valence-electron chi connectivity index (χ1n) is 8.85. The van der Waals surface area contributed by atoms with E-state index in [0.29, 0.717) is 22.3 Å². The zero-order valence-electron chi connectivity index (χ0n) is 16.6. The van der Waals surface area contributed by atoms with E-state index >= 15 is 0 Å². The molecule has 1 aliphatic heterocycles. The lowest BCUT2D eigenvalue weighted by Gasteiger charge is -2.13. The second kappa shape index (κ2) is 9.60. The number of methoxy groups -OCH3 is 1. The van der Waals surface area contributed by atoms with Crippen molar-refractivity contribution in [3.05, 3.63) is 66.5 Å². The van der Waals surface area contributed by atoms with Crippen LogP contribution in [-0.4, -0.2) is 34.0 Å². The van der Waals surface area contributed by atoms with Crippen molar-refractivity contribution in [1.82, 2.24) is 4.90 Å². The van der Waals surface area contributed by atoms with Crippen LogP contribution in [0, 0.1) is 10.1 Å². The molecule has 0 unspecified atom stereocenters. The first kappa shape index (κ1) is 23.6. The molecule has 2 aromatic rings. The van der Waals surface area contributed by atoms with E-state index in [0.717, 1.165) is 11.8 Å². The lowest BCUT2D eigenvalue weighted by Crippen LogP contribution is -2.27. The molecule has 0 radical (unpaired) electrons. The lowest BCUT2D eigenvalue weighted by atomic mass is 10.1. The summed E-state index contributed by atoms with van der Waals surface area (Å²) in [5.41, 5.74) is 0.184. The molecular formula is C20H14Cl2N2O7S. The molecule has 0 saturated carbocycles. The van der Waals surface area contributed by atoms with E-state index < -0.39 is 27.7 Å². The molecule has 1 aliphatic rings. The summed E-state index contributed by atoms with van der Waals surface area (Å²) in [5, 5.41) is 11.7. The maximum absolute atomic E-state index is 12.8. The molecule has 1 fully saturated rings. The highest BCUT2D eigenvalue weighted by molar-refractivity contribution is 8.18. The quantitative estimate of drug-likeness (QED) is 0.179. The van der Waals surface area contributed by atoms with Crippen molar-refractivity contribution in [1.29, 1.82) is 0 Å².